The minimum atomic E-state index is -0.428. The Hall–Kier alpha value is -1.78. The monoisotopic (exact) mass is 651 g/mol. The van der Waals surface area contributed by atoms with Gasteiger partial charge in [-0.1, -0.05) is 65.6 Å². The van der Waals surface area contributed by atoms with Crippen LogP contribution in [0.3, 0.4) is 0 Å². The van der Waals surface area contributed by atoms with Crippen molar-refractivity contribution < 1.29 is 23.9 Å². The molecule has 1 rings (SSSR count). The number of benzene rings is 1. The van der Waals surface area contributed by atoms with Crippen molar-refractivity contribution in [3.63, 3.8) is 0 Å². The van der Waals surface area contributed by atoms with Gasteiger partial charge in [0, 0.05) is 36.2 Å². The average molecular weight is 653 g/mol. The van der Waals surface area contributed by atoms with Crippen molar-refractivity contribution in [1.82, 2.24) is 10.6 Å². The molecule has 0 bridgehead atoms. The molecule has 1 amide bonds. The molecule has 0 aliphatic carbocycles. The van der Waals surface area contributed by atoms with Crippen LogP contribution in [-0.2, 0) is 34.6 Å². The molecule has 0 saturated heterocycles. The number of hydrogen-bond donors (Lipinski definition) is 3. The van der Waals surface area contributed by atoms with Gasteiger partial charge in [-0.3, -0.25) is 9.59 Å². The normalized spacial score (nSPS) is 11.1. The number of esters is 1. The molecule has 0 fully saturated rings. The van der Waals surface area contributed by atoms with Crippen LogP contribution in [0.5, 0.6) is 0 Å². The van der Waals surface area contributed by atoms with Crippen LogP contribution in [-0.4, -0.2) is 57.7 Å². The lowest BCUT2D eigenvalue weighted by molar-refractivity contribution is -0.140. The van der Waals surface area contributed by atoms with Gasteiger partial charge in [0.25, 0.3) is 0 Å². The molecule has 2 unspecified atom stereocenters. The number of rotatable bonds is 13. The smallest absolute Gasteiger partial charge is 0.305 e. The molecule has 0 saturated carbocycles. The van der Waals surface area contributed by atoms with Crippen molar-refractivity contribution in [3.8, 4) is 0 Å². The molecular weight excluding hydrogens is 606 g/mol. The molecule has 0 aliphatic heterocycles. The van der Waals surface area contributed by atoms with E-state index in [1.54, 1.807) is 14.0 Å². The minimum Gasteiger partial charge on any atom is -0.469 e. The van der Waals surface area contributed by atoms with Gasteiger partial charge in [-0.25, -0.2) is 0 Å². The Labute approximate surface area is 240 Å². The van der Waals surface area contributed by atoms with Gasteiger partial charge in [0.15, 0.2) is 0 Å². The molecule has 0 heterocycles. The maximum absolute atomic E-state index is 11.4. The summed E-state index contributed by atoms with van der Waals surface area (Å²) >= 11 is 6.88. The lowest BCUT2D eigenvalue weighted by atomic mass is 10.1. The summed E-state index contributed by atoms with van der Waals surface area (Å²) in [5.41, 5.74) is 3.77. The van der Waals surface area contributed by atoms with Crippen LogP contribution in [0.4, 0.5) is 5.69 Å². The number of amides is 1. The van der Waals surface area contributed by atoms with Crippen LogP contribution >= 0.6 is 31.9 Å². The summed E-state index contributed by atoms with van der Waals surface area (Å²) < 4.78 is 4.48. The third-order valence-electron chi connectivity index (χ3n) is 4.76. The zero-order chi connectivity index (χ0) is 29.2. The SMILES string of the molecule is CC.CNC(C)C=O.CNc1cc(CBr)cc(CBr)c1.COC(=O)CCCCC(=O)NC(C=O)C(C)C. The van der Waals surface area contributed by atoms with Crippen LogP contribution in [0, 0.1) is 5.92 Å². The highest BCUT2D eigenvalue weighted by Gasteiger charge is 2.14. The second-order valence-electron chi connectivity index (χ2n) is 8.03. The first-order chi connectivity index (χ1) is 17.6. The lowest BCUT2D eigenvalue weighted by Crippen LogP contribution is -2.39. The molecule has 37 heavy (non-hydrogen) atoms. The summed E-state index contributed by atoms with van der Waals surface area (Å²) in [6.07, 6.45) is 3.49. The number of unbranched alkanes of at least 4 members (excludes halogenated alkanes) is 1. The molecule has 214 valence electrons. The standard InChI is InChI=1S/C12H21NO4.C9H11Br2N.C4H9NO.C2H6/c1-9(2)10(8-14)13-11(15)6-4-5-7-12(16)17-3;1-12-9-3-7(5-10)2-8(4-9)6-11;1-4(3-6)5-2;1-2/h8-10H,4-7H2,1-3H3,(H,13,15);2-4,12H,5-6H2,1H3;3-5H,1-2H3;1-2H3. The fourth-order valence-corrected chi connectivity index (χ4v) is 3.05. The maximum atomic E-state index is 11.4. The summed E-state index contributed by atoms with van der Waals surface area (Å²) in [5.74, 6) is -0.328. The number of likely N-dealkylation sites (N-methyl/N-ethyl adjacent to an activating group) is 1. The summed E-state index contributed by atoms with van der Waals surface area (Å²) in [5, 5.41) is 10.3. The van der Waals surface area contributed by atoms with E-state index < -0.39 is 6.04 Å². The quantitative estimate of drug-likeness (QED) is 0.113. The van der Waals surface area contributed by atoms with E-state index in [2.05, 4.69) is 70.7 Å². The minimum absolute atomic E-state index is 0.00463. The summed E-state index contributed by atoms with van der Waals surface area (Å²) in [7, 11) is 5.02. The van der Waals surface area contributed by atoms with E-state index in [-0.39, 0.29) is 23.8 Å². The number of nitrogens with one attached hydrogen (secondary N) is 3. The second kappa shape index (κ2) is 27.3. The molecule has 8 nitrogen and oxygen atoms in total. The van der Waals surface area contributed by atoms with E-state index >= 15 is 0 Å². The van der Waals surface area contributed by atoms with Crippen molar-refractivity contribution >= 4 is 62.0 Å². The Morgan fingerprint density at radius 1 is 0.919 bits per heavy atom. The number of anilines is 1. The molecule has 1 aromatic carbocycles. The number of hydrogen-bond acceptors (Lipinski definition) is 7. The second-order valence-corrected chi connectivity index (χ2v) is 9.15. The van der Waals surface area contributed by atoms with Gasteiger partial charge >= 0.3 is 5.97 Å². The van der Waals surface area contributed by atoms with E-state index in [0.29, 0.717) is 25.7 Å². The molecule has 0 aliphatic rings. The molecule has 0 aromatic heterocycles. The number of ether oxygens (including phenoxy) is 1. The highest BCUT2D eigenvalue weighted by molar-refractivity contribution is 9.08. The van der Waals surface area contributed by atoms with Gasteiger partial charge < -0.3 is 30.3 Å². The Balaban J connectivity index is -0.000000500. The van der Waals surface area contributed by atoms with Crippen LogP contribution < -0.4 is 16.0 Å². The van der Waals surface area contributed by atoms with Crippen molar-refractivity contribution in [2.24, 2.45) is 5.92 Å². The fourth-order valence-electron chi connectivity index (χ4n) is 2.40. The third-order valence-corrected chi connectivity index (χ3v) is 6.06. The topological polar surface area (TPSA) is 114 Å². The Morgan fingerprint density at radius 2 is 1.43 bits per heavy atom. The zero-order valence-electron chi connectivity index (χ0n) is 23.7. The number of carbonyl (C=O) groups is 4. The molecule has 3 N–H and O–H groups in total. The molecule has 2 atom stereocenters. The summed E-state index contributed by atoms with van der Waals surface area (Å²) in [6, 6.07) is 6.04. The number of methoxy groups -OCH3 is 1. The van der Waals surface area contributed by atoms with Crippen molar-refractivity contribution in [3.05, 3.63) is 29.3 Å². The number of aldehydes is 2. The van der Waals surface area contributed by atoms with Crippen LogP contribution in [0.1, 0.15) is 71.4 Å². The first-order valence-electron chi connectivity index (χ1n) is 12.5. The molecule has 0 spiro atoms. The van der Waals surface area contributed by atoms with E-state index in [0.717, 1.165) is 23.2 Å². The predicted molar refractivity (Wildman–Crippen MR) is 161 cm³/mol. The van der Waals surface area contributed by atoms with Gasteiger partial charge in [-0.15, -0.1) is 0 Å². The zero-order valence-corrected chi connectivity index (χ0v) is 26.8. The summed E-state index contributed by atoms with van der Waals surface area (Å²) in [6.45, 7) is 9.54. The number of halogens is 2. The Morgan fingerprint density at radius 3 is 1.76 bits per heavy atom. The Bertz CT molecular complexity index is 694. The predicted octanol–water partition coefficient (Wildman–Crippen LogP) is 5.40. The van der Waals surface area contributed by atoms with Gasteiger partial charge in [0.05, 0.1) is 19.2 Å². The van der Waals surface area contributed by atoms with E-state index in [1.165, 1.54) is 23.9 Å². The molecule has 1 aromatic rings. The first kappa shape index (κ1) is 39.7. The van der Waals surface area contributed by atoms with E-state index in [4.69, 9.17) is 0 Å². The number of alkyl halides is 2. The van der Waals surface area contributed by atoms with Gasteiger partial charge in [-0.05, 0) is 56.0 Å². The number of carbonyl (C=O) groups excluding carboxylic acids is 4. The molecule has 0 radical (unpaired) electrons. The highest BCUT2D eigenvalue weighted by atomic mass is 79.9. The largest absolute Gasteiger partial charge is 0.469 e. The summed E-state index contributed by atoms with van der Waals surface area (Å²) in [4.78, 5) is 42.6. The lowest BCUT2D eigenvalue weighted by Gasteiger charge is -2.15. The first-order valence-corrected chi connectivity index (χ1v) is 14.7. The van der Waals surface area contributed by atoms with Gasteiger partial charge in [0.2, 0.25) is 5.91 Å². The molecular formula is C27H47Br2N3O5. The van der Waals surface area contributed by atoms with Crippen molar-refractivity contribution in [2.75, 3.05) is 26.5 Å². The van der Waals surface area contributed by atoms with Crippen LogP contribution in [0.25, 0.3) is 0 Å². The van der Waals surface area contributed by atoms with E-state index in [1.807, 2.05) is 34.7 Å². The van der Waals surface area contributed by atoms with Gasteiger partial charge in [0.1, 0.15) is 12.6 Å². The van der Waals surface area contributed by atoms with Gasteiger partial charge in [-0.2, -0.15) is 0 Å². The maximum Gasteiger partial charge on any atom is 0.305 e. The Kier molecular flexibility index (Phi) is 29.3. The fraction of sp³-hybridized carbons (Fsp3) is 0.630. The van der Waals surface area contributed by atoms with Crippen LogP contribution in [0.15, 0.2) is 18.2 Å². The van der Waals surface area contributed by atoms with Crippen molar-refractivity contribution in [1.29, 1.82) is 0 Å². The average Bonchev–Trinajstić information content (AvgIpc) is 2.94. The highest BCUT2D eigenvalue weighted by Crippen LogP contribution is 2.18. The van der Waals surface area contributed by atoms with Crippen molar-refractivity contribution in [2.45, 2.75) is 83.0 Å². The third kappa shape index (κ3) is 23.1. The molecule has 10 heteroatoms. The van der Waals surface area contributed by atoms with Crippen LogP contribution in [0.2, 0.25) is 0 Å². The van der Waals surface area contributed by atoms with E-state index in [9.17, 15) is 19.2 Å².